The van der Waals surface area contributed by atoms with Crippen LogP contribution in [-0.4, -0.2) is 38.1 Å². The molecule has 1 aromatic rings. The highest BCUT2D eigenvalue weighted by Crippen LogP contribution is 2.19. The van der Waals surface area contributed by atoms with Crippen molar-refractivity contribution in [2.75, 3.05) is 26.2 Å². The van der Waals surface area contributed by atoms with Crippen LogP contribution in [-0.2, 0) is 9.47 Å². The van der Waals surface area contributed by atoms with Gasteiger partial charge in [0.25, 0.3) is 0 Å². The standard InChI is InChI=1S/C12H13BrO5/c1-16-11(14)8-5-9(12(15)17-2)7-10(6-8)18-4-3-13/h5-7H,3-4H2,1-2H3. The Morgan fingerprint density at radius 1 is 1.06 bits per heavy atom. The Morgan fingerprint density at radius 3 is 1.94 bits per heavy atom. The average molecular weight is 317 g/mol. The quantitative estimate of drug-likeness (QED) is 0.614. The Balaban J connectivity index is 3.11. The first-order valence-corrected chi connectivity index (χ1v) is 6.25. The van der Waals surface area contributed by atoms with Crippen molar-refractivity contribution in [1.29, 1.82) is 0 Å². The molecule has 5 nitrogen and oxygen atoms in total. The summed E-state index contributed by atoms with van der Waals surface area (Å²) in [4.78, 5) is 22.9. The Morgan fingerprint density at radius 2 is 1.56 bits per heavy atom. The third-order valence-corrected chi connectivity index (χ3v) is 2.42. The van der Waals surface area contributed by atoms with Gasteiger partial charge < -0.3 is 14.2 Å². The molecule has 1 aromatic carbocycles. The predicted molar refractivity (Wildman–Crippen MR) is 68.4 cm³/mol. The van der Waals surface area contributed by atoms with E-state index in [0.29, 0.717) is 17.7 Å². The van der Waals surface area contributed by atoms with Crippen molar-refractivity contribution >= 4 is 27.9 Å². The van der Waals surface area contributed by atoms with Crippen LogP contribution in [0, 0.1) is 0 Å². The van der Waals surface area contributed by atoms with E-state index < -0.39 is 11.9 Å². The second-order valence-corrected chi connectivity index (χ2v) is 4.06. The summed E-state index contributed by atoms with van der Waals surface area (Å²) in [5, 5.41) is 0.642. The van der Waals surface area contributed by atoms with Crippen LogP contribution >= 0.6 is 15.9 Å². The van der Waals surface area contributed by atoms with E-state index in [-0.39, 0.29) is 11.1 Å². The van der Waals surface area contributed by atoms with Crippen LogP contribution < -0.4 is 4.74 Å². The lowest BCUT2D eigenvalue weighted by atomic mass is 10.1. The molecule has 0 amide bonds. The Hall–Kier alpha value is -1.56. The molecule has 0 fully saturated rings. The number of benzene rings is 1. The van der Waals surface area contributed by atoms with Gasteiger partial charge in [0.1, 0.15) is 5.75 Å². The normalized spacial score (nSPS) is 9.72. The fourth-order valence-corrected chi connectivity index (χ4v) is 1.47. The lowest BCUT2D eigenvalue weighted by Crippen LogP contribution is -2.08. The SMILES string of the molecule is COC(=O)c1cc(OCCBr)cc(C(=O)OC)c1. The summed E-state index contributed by atoms with van der Waals surface area (Å²) < 4.78 is 14.6. The Labute approximate surface area is 113 Å². The number of carbonyl (C=O) groups excluding carboxylic acids is 2. The van der Waals surface area contributed by atoms with Crippen LogP contribution in [0.2, 0.25) is 0 Å². The van der Waals surface area contributed by atoms with Crippen molar-refractivity contribution in [2.24, 2.45) is 0 Å². The number of methoxy groups -OCH3 is 2. The van der Waals surface area contributed by atoms with Gasteiger partial charge >= 0.3 is 11.9 Å². The zero-order chi connectivity index (χ0) is 13.5. The topological polar surface area (TPSA) is 61.8 Å². The van der Waals surface area contributed by atoms with E-state index in [9.17, 15) is 9.59 Å². The molecule has 0 radical (unpaired) electrons. The maximum Gasteiger partial charge on any atom is 0.338 e. The number of esters is 2. The van der Waals surface area contributed by atoms with Crippen LogP contribution in [0.5, 0.6) is 5.75 Å². The molecule has 0 aliphatic carbocycles. The minimum absolute atomic E-state index is 0.241. The fraction of sp³-hybridized carbons (Fsp3) is 0.333. The van der Waals surface area contributed by atoms with Crippen LogP contribution in [0.4, 0.5) is 0 Å². The van der Waals surface area contributed by atoms with Crippen molar-refractivity contribution in [2.45, 2.75) is 0 Å². The van der Waals surface area contributed by atoms with Gasteiger partial charge in [0.15, 0.2) is 0 Å². The van der Waals surface area contributed by atoms with E-state index in [1.807, 2.05) is 0 Å². The molecule has 0 spiro atoms. The maximum atomic E-state index is 11.5. The van der Waals surface area contributed by atoms with E-state index in [4.69, 9.17) is 4.74 Å². The van der Waals surface area contributed by atoms with E-state index in [1.54, 1.807) is 0 Å². The van der Waals surface area contributed by atoms with E-state index in [2.05, 4.69) is 25.4 Å². The molecule has 0 N–H and O–H groups in total. The van der Waals surface area contributed by atoms with Gasteiger partial charge in [0, 0.05) is 5.33 Å². The number of ether oxygens (including phenoxy) is 3. The number of halogens is 1. The number of hydrogen-bond donors (Lipinski definition) is 0. The second kappa shape index (κ2) is 7.00. The van der Waals surface area contributed by atoms with Gasteiger partial charge in [0.2, 0.25) is 0 Å². The van der Waals surface area contributed by atoms with Gasteiger partial charge in [-0.3, -0.25) is 0 Å². The summed E-state index contributed by atoms with van der Waals surface area (Å²) in [5.74, 6) is -0.661. The zero-order valence-electron chi connectivity index (χ0n) is 10.1. The number of rotatable bonds is 5. The molecule has 0 atom stereocenters. The first-order valence-electron chi connectivity index (χ1n) is 5.13. The Bertz CT molecular complexity index is 410. The molecule has 18 heavy (non-hydrogen) atoms. The van der Waals surface area contributed by atoms with Gasteiger partial charge in [-0.15, -0.1) is 0 Å². The molecule has 6 heteroatoms. The minimum Gasteiger partial charge on any atom is -0.493 e. The van der Waals surface area contributed by atoms with Gasteiger partial charge in [0.05, 0.1) is 32.0 Å². The molecular formula is C12H13BrO5. The second-order valence-electron chi connectivity index (χ2n) is 3.27. The lowest BCUT2D eigenvalue weighted by Gasteiger charge is -2.08. The van der Waals surface area contributed by atoms with Crippen molar-refractivity contribution in [3.63, 3.8) is 0 Å². The summed E-state index contributed by atoms with van der Waals surface area (Å²) in [6, 6.07) is 4.43. The first-order chi connectivity index (χ1) is 8.62. The molecule has 98 valence electrons. The average Bonchev–Trinajstić information content (AvgIpc) is 2.42. The third-order valence-electron chi connectivity index (χ3n) is 2.09. The smallest absolute Gasteiger partial charge is 0.338 e. The van der Waals surface area contributed by atoms with Crippen molar-refractivity contribution in [3.8, 4) is 5.75 Å². The highest BCUT2D eigenvalue weighted by molar-refractivity contribution is 9.09. The van der Waals surface area contributed by atoms with E-state index in [0.717, 1.165) is 0 Å². The minimum atomic E-state index is -0.538. The molecule has 0 heterocycles. The molecule has 1 rings (SSSR count). The van der Waals surface area contributed by atoms with Gasteiger partial charge in [-0.2, -0.15) is 0 Å². The van der Waals surface area contributed by atoms with E-state index in [1.165, 1.54) is 32.4 Å². The van der Waals surface area contributed by atoms with Crippen molar-refractivity contribution < 1.29 is 23.8 Å². The van der Waals surface area contributed by atoms with Gasteiger partial charge in [-0.1, -0.05) is 15.9 Å². The molecule has 0 aromatic heterocycles. The largest absolute Gasteiger partial charge is 0.493 e. The van der Waals surface area contributed by atoms with Crippen molar-refractivity contribution in [3.05, 3.63) is 29.3 Å². The molecule has 0 aliphatic rings. The lowest BCUT2D eigenvalue weighted by molar-refractivity contribution is 0.0598. The van der Waals surface area contributed by atoms with Crippen LogP contribution in [0.3, 0.4) is 0 Å². The number of carbonyl (C=O) groups is 2. The zero-order valence-corrected chi connectivity index (χ0v) is 11.7. The molecule has 0 aliphatic heterocycles. The summed E-state index contributed by atoms with van der Waals surface area (Å²) >= 11 is 3.22. The summed E-state index contributed by atoms with van der Waals surface area (Å²) in [6.07, 6.45) is 0. The fourth-order valence-electron chi connectivity index (χ4n) is 1.31. The Kier molecular flexibility index (Phi) is 5.64. The summed E-state index contributed by atoms with van der Waals surface area (Å²) in [5.41, 5.74) is 0.481. The first kappa shape index (κ1) is 14.5. The van der Waals surface area contributed by atoms with Crippen LogP contribution in [0.15, 0.2) is 18.2 Å². The van der Waals surface area contributed by atoms with Gasteiger partial charge in [-0.05, 0) is 18.2 Å². The molecular weight excluding hydrogens is 304 g/mol. The van der Waals surface area contributed by atoms with Crippen molar-refractivity contribution in [1.82, 2.24) is 0 Å². The molecule has 0 bridgehead atoms. The number of alkyl halides is 1. The van der Waals surface area contributed by atoms with Crippen LogP contribution in [0.1, 0.15) is 20.7 Å². The molecule has 0 unspecified atom stereocenters. The number of hydrogen-bond acceptors (Lipinski definition) is 5. The summed E-state index contributed by atoms with van der Waals surface area (Å²) in [7, 11) is 2.54. The van der Waals surface area contributed by atoms with E-state index >= 15 is 0 Å². The monoisotopic (exact) mass is 316 g/mol. The maximum absolute atomic E-state index is 11.5. The van der Waals surface area contributed by atoms with Gasteiger partial charge in [-0.25, -0.2) is 9.59 Å². The van der Waals surface area contributed by atoms with Crippen LogP contribution in [0.25, 0.3) is 0 Å². The summed E-state index contributed by atoms with van der Waals surface area (Å²) in [6.45, 7) is 0.422. The third kappa shape index (κ3) is 3.73. The molecule has 0 saturated carbocycles. The molecule has 0 saturated heterocycles. The highest BCUT2D eigenvalue weighted by Gasteiger charge is 2.14. The highest BCUT2D eigenvalue weighted by atomic mass is 79.9. The predicted octanol–water partition coefficient (Wildman–Crippen LogP) is 2.03.